The molecule has 0 fully saturated rings. The number of carbonyl (C=O) groups is 3. The number of aromatic amines is 1. The summed E-state index contributed by atoms with van der Waals surface area (Å²) in [7, 11) is 1.85. The van der Waals surface area contributed by atoms with Gasteiger partial charge in [0.2, 0.25) is 12.2 Å². The minimum atomic E-state index is -1.16. The van der Waals surface area contributed by atoms with E-state index in [4.69, 9.17) is 14.2 Å². The number of rotatable bonds is 10. The molecule has 1 amide bonds. The normalized spacial score (nSPS) is 15.3. The third-order valence-corrected chi connectivity index (χ3v) is 7.39. The van der Waals surface area contributed by atoms with E-state index in [0.29, 0.717) is 37.6 Å². The number of hydrogen-bond donors (Lipinski definition) is 2. The molecule has 3 heterocycles. The smallest absolute Gasteiger partial charge is 0.419 e. The van der Waals surface area contributed by atoms with Crippen LogP contribution in [0.15, 0.2) is 40.4 Å². The molecule has 2 N–H and O–H groups in total. The van der Waals surface area contributed by atoms with Gasteiger partial charge in [0.15, 0.2) is 0 Å². The van der Waals surface area contributed by atoms with Crippen LogP contribution >= 0.6 is 15.9 Å². The number of anilines is 1. The van der Waals surface area contributed by atoms with Gasteiger partial charge in [-0.25, -0.2) is 19.7 Å². The van der Waals surface area contributed by atoms with Crippen LogP contribution in [0.25, 0.3) is 11.0 Å². The van der Waals surface area contributed by atoms with Crippen molar-refractivity contribution < 1.29 is 28.6 Å². The SMILES string of the molecule is CC[C@H](C(=O)OC(C)OC(=O)N1CCN=C1Nc1ccc2[nH]cnc2c1Br)[C@H](COC(C)=O)Cc1cncn1C. The number of imidazole rings is 2. The van der Waals surface area contributed by atoms with Gasteiger partial charge in [0.05, 0.1) is 53.9 Å². The number of halogens is 1. The van der Waals surface area contributed by atoms with E-state index >= 15 is 0 Å². The largest absolute Gasteiger partial charge is 0.466 e. The number of aryl methyl sites for hydroxylation is 1. The molecule has 0 bridgehead atoms. The zero-order chi connectivity index (χ0) is 28.8. The summed E-state index contributed by atoms with van der Waals surface area (Å²) < 4.78 is 18.8. The van der Waals surface area contributed by atoms with Crippen molar-refractivity contribution in [2.75, 3.05) is 25.0 Å². The van der Waals surface area contributed by atoms with E-state index in [1.165, 1.54) is 18.7 Å². The summed E-state index contributed by atoms with van der Waals surface area (Å²) >= 11 is 3.54. The molecule has 0 saturated heterocycles. The standard InChI is InChI=1S/C26H32BrN7O6/c1-5-19(17(12-38-15(2)35)10-18-11-28-14-33(18)4)24(36)39-16(3)40-26(37)34-9-8-29-25(34)32-20-6-7-21-23(22(20)27)31-13-30-21/h6-7,11,13-14,16-17,19H,5,8-10,12H2,1-4H3,(H,29,32)(H,30,31)/t16?,17-,19-/m0/s1. The molecule has 0 spiro atoms. The predicted octanol–water partition coefficient (Wildman–Crippen LogP) is 3.62. The molecule has 0 saturated carbocycles. The van der Waals surface area contributed by atoms with E-state index in [1.807, 2.05) is 30.7 Å². The highest BCUT2D eigenvalue weighted by atomic mass is 79.9. The molecule has 14 heteroatoms. The zero-order valence-electron chi connectivity index (χ0n) is 22.7. The summed E-state index contributed by atoms with van der Waals surface area (Å²) in [6, 6.07) is 3.70. The highest BCUT2D eigenvalue weighted by Crippen LogP contribution is 2.30. The summed E-state index contributed by atoms with van der Waals surface area (Å²) in [6.07, 6.45) is 3.99. The lowest BCUT2D eigenvalue weighted by Gasteiger charge is -2.26. The Morgan fingerprint density at radius 1 is 1.25 bits per heavy atom. The molecule has 1 aliphatic heterocycles. The Hall–Kier alpha value is -3.94. The minimum absolute atomic E-state index is 0.0428. The van der Waals surface area contributed by atoms with Crippen molar-refractivity contribution >= 4 is 56.6 Å². The summed E-state index contributed by atoms with van der Waals surface area (Å²) in [5.41, 5.74) is 3.16. The Morgan fingerprint density at radius 3 is 2.75 bits per heavy atom. The number of benzene rings is 1. The number of aliphatic imine (C=N–C) groups is 1. The highest BCUT2D eigenvalue weighted by Gasteiger charge is 2.33. The average molecular weight is 618 g/mol. The Labute approximate surface area is 239 Å². The Morgan fingerprint density at radius 2 is 2.05 bits per heavy atom. The quantitative estimate of drug-likeness (QED) is 0.256. The van der Waals surface area contributed by atoms with Gasteiger partial charge in [0.1, 0.15) is 5.52 Å². The van der Waals surface area contributed by atoms with Crippen molar-refractivity contribution in [2.24, 2.45) is 23.9 Å². The number of guanidine groups is 1. The molecular formula is C26H32BrN7O6. The second-order valence-corrected chi connectivity index (χ2v) is 10.2. The molecule has 3 atom stereocenters. The number of carbonyl (C=O) groups excluding carboxylic acids is 3. The van der Waals surface area contributed by atoms with Crippen LogP contribution in [0.5, 0.6) is 0 Å². The first-order chi connectivity index (χ1) is 19.2. The number of nitrogens with one attached hydrogen (secondary N) is 2. The highest BCUT2D eigenvalue weighted by molar-refractivity contribution is 9.10. The number of hydrogen-bond acceptors (Lipinski definition) is 10. The van der Waals surface area contributed by atoms with Gasteiger partial charge < -0.3 is 29.1 Å². The number of H-pyrrole nitrogens is 1. The maximum absolute atomic E-state index is 13.2. The fourth-order valence-electron chi connectivity index (χ4n) is 4.49. The molecule has 1 aliphatic rings. The summed E-state index contributed by atoms with van der Waals surface area (Å²) in [5.74, 6) is -1.63. The van der Waals surface area contributed by atoms with Crippen molar-refractivity contribution in [1.82, 2.24) is 24.4 Å². The van der Waals surface area contributed by atoms with Crippen LogP contribution in [-0.4, -0.2) is 74.4 Å². The Kier molecular flexibility index (Phi) is 9.40. The first-order valence-electron chi connectivity index (χ1n) is 12.9. The first kappa shape index (κ1) is 29.1. The summed E-state index contributed by atoms with van der Waals surface area (Å²) in [6.45, 7) is 5.38. The van der Waals surface area contributed by atoms with E-state index in [2.05, 4.69) is 41.2 Å². The fraction of sp³-hybridized carbons (Fsp3) is 0.462. The predicted molar refractivity (Wildman–Crippen MR) is 149 cm³/mol. The average Bonchev–Trinajstić information content (AvgIpc) is 3.66. The van der Waals surface area contributed by atoms with Crippen LogP contribution in [0.2, 0.25) is 0 Å². The number of nitrogens with zero attached hydrogens (tertiary/aromatic N) is 5. The van der Waals surface area contributed by atoms with Crippen LogP contribution in [-0.2, 0) is 37.3 Å². The van der Waals surface area contributed by atoms with Crippen LogP contribution < -0.4 is 5.32 Å². The van der Waals surface area contributed by atoms with E-state index in [1.54, 1.807) is 18.9 Å². The minimum Gasteiger partial charge on any atom is -0.466 e. The molecule has 3 aromatic rings. The number of esters is 2. The van der Waals surface area contributed by atoms with Gasteiger partial charge in [-0.1, -0.05) is 6.92 Å². The molecule has 1 unspecified atom stereocenters. The van der Waals surface area contributed by atoms with Crippen molar-refractivity contribution in [1.29, 1.82) is 0 Å². The van der Waals surface area contributed by atoms with Crippen LogP contribution in [0, 0.1) is 11.8 Å². The van der Waals surface area contributed by atoms with E-state index in [-0.39, 0.29) is 12.5 Å². The molecule has 2 aromatic heterocycles. The van der Waals surface area contributed by atoms with Crippen molar-refractivity contribution in [2.45, 2.75) is 39.9 Å². The molecule has 4 rings (SSSR count). The molecule has 40 heavy (non-hydrogen) atoms. The summed E-state index contributed by atoms with van der Waals surface area (Å²) in [4.78, 5) is 54.8. The molecule has 0 radical (unpaired) electrons. The van der Waals surface area contributed by atoms with Gasteiger partial charge in [-0.3, -0.25) is 14.6 Å². The molecule has 13 nitrogen and oxygen atoms in total. The second kappa shape index (κ2) is 12.9. The van der Waals surface area contributed by atoms with E-state index in [0.717, 1.165) is 21.2 Å². The summed E-state index contributed by atoms with van der Waals surface area (Å²) in [5, 5.41) is 3.15. The monoisotopic (exact) mass is 617 g/mol. The van der Waals surface area contributed by atoms with Crippen LogP contribution in [0.1, 0.15) is 32.9 Å². The van der Waals surface area contributed by atoms with E-state index in [9.17, 15) is 14.4 Å². The van der Waals surface area contributed by atoms with Gasteiger partial charge in [0.25, 0.3) is 0 Å². The van der Waals surface area contributed by atoms with Gasteiger partial charge >= 0.3 is 18.0 Å². The van der Waals surface area contributed by atoms with Crippen molar-refractivity contribution in [3.63, 3.8) is 0 Å². The van der Waals surface area contributed by atoms with Gasteiger partial charge in [0, 0.05) is 38.7 Å². The lowest BCUT2D eigenvalue weighted by Crippen LogP contribution is -2.41. The van der Waals surface area contributed by atoms with Gasteiger partial charge in [-0.05, 0) is 40.9 Å². The third-order valence-electron chi connectivity index (χ3n) is 6.59. The Balaban J connectivity index is 1.37. The number of amides is 1. The molecule has 1 aromatic carbocycles. The zero-order valence-corrected chi connectivity index (χ0v) is 24.3. The van der Waals surface area contributed by atoms with Gasteiger partial charge in [-0.15, -0.1) is 0 Å². The van der Waals surface area contributed by atoms with Crippen molar-refractivity contribution in [3.8, 4) is 0 Å². The maximum Gasteiger partial charge on any atom is 0.419 e. The van der Waals surface area contributed by atoms with Crippen molar-refractivity contribution in [3.05, 3.63) is 41.2 Å². The third kappa shape index (κ3) is 6.79. The molecule has 214 valence electrons. The van der Waals surface area contributed by atoms with E-state index < -0.39 is 30.2 Å². The molecule has 0 aliphatic carbocycles. The maximum atomic E-state index is 13.2. The number of fused-ring (bicyclic) bond motifs is 1. The first-order valence-corrected chi connectivity index (χ1v) is 13.7. The second-order valence-electron chi connectivity index (χ2n) is 9.37. The lowest BCUT2D eigenvalue weighted by atomic mass is 9.87. The number of ether oxygens (including phenoxy) is 3. The van der Waals surface area contributed by atoms with Gasteiger partial charge in [-0.2, -0.15) is 0 Å². The molecular weight excluding hydrogens is 586 g/mol. The topological polar surface area (TPSA) is 153 Å². The van der Waals surface area contributed by atoms with Crippen LogP contribution in [0.4, 0.5) is 10.5 Å². The Bertz CT molecular complexity index is 1400. The lowest BCUT2D eigenvalue weighted by molar-refractivity contribution is -0.174. The fourth-order valence-corrected chi connectivity index (χ4v) is 5.03. The van der Waals surface area contributed by atoms with Crippen LogP contribution in [0.3, 0.4) is 0 Å². The number of aromatic nitrogens is 4.